The number of hydrogen-bond donors (Lipinski definition) is 2. The smallest absolute Gasteiger partial charge is 0.159 e. The summed E-state index contributed by atoms with van der Waals surface area (Å²) >= 11 is 0. The van der Waals surface area contributed by atoms with Crippen LogP contribution in [0.5, 0.6) is 11.5 Å². The minimum atomic E-state index is 0.261. The van der Waals surface area contributed by atoms with Crippen LogP contribution in [0.15, 0.2) is 18.2 Å². The first-order chi connectivity index (χ1) is 4.86. The Morgan fingerprint density at radius 1 is 1.50 bits per heavy atom. The van der Waals surface area contributed by atoms with Crippen molar-refractivity contribution in [3.63, 3.8) is 0 Å². The Morgan fingerprint density at radius 3 is 3.30 bits per heavy atom. The van der Waals surface area contributed by atoms with Crippen molar-refractivity contribution in [2.75, 3.05) is 12.0 Å². The van der Waals surface area contributed by atoms with Gasteiger partial charge >= 0.3 is 0 Å². The molecular formula is C7H7NO2. The highest BCUT2D eigenvalue weighted by Gasteiger charge is 2.09. The molecule has 0 saturated carbocycles. The van der Waals surface area contributed by atoms with Gasteiger partial charge in [0.25, 0.3) is 0 Å². The number of phenols is 1. The Kier molecular flexibility index (Phi) is 0.974. The zero-order chi connectivity index (χ0) is 6.97. The topological polar surface area (TPSA) is 41.5 Å². The molecule has 1 aliphatic rings. The molecule has 1 aromatic carbocycles. The monoisotopic (exact) mass is 137 g/mol. The lowest BCUT2D eigenvalue weighted by molar-refractivity contribution is 0.372. The average Bonchev–Trinajstić information content (AvgIpc) is 2.33. The molecule has 0 unspecified atom stereocenters. The minimum Gasteiger partial charge on any atom is -0.508 e. The molecule has 0 bridgehead atoms. The fourth-order valence-corrected chi connectivity index (χ4v) is 0.974. The van der Waals surface area contributed by atoms with Crippen LogP contribution in [0.1, 0.15) is 0 Å². The van der Waals surface area contributed by atoms with E-state index in [-0.39, 0.29) is 5.75 Å². The van der Waals surface area contributed by atoms with Gasteiger partial charge in [-0.1, -0.05) is 0 Å². The molecule has 0 amide bonds. The summed E-state index contributed by atoms with van der Waals surface area (Å²) in [6.07, 6.45) is 0. The van der Waals surface area contributed by atoms with Crippen molar-refractivity contribution in [1.82, 2.24) is 0 Å². The molecule has 0 fully saturated rings. The highest BCUT2D eigenvalue weighted by Crippen LogP contribution is 2.31. The van der Waals surface area contributed by atoms with E-state index in [0.717, 1.165) is 11.4 Å². The number of fused-ring (bicyclic) bond motifs is 1. The molecule has 2 rings (SSSR count). The Hall–Kier alpha value is -1.38. The fourth-order valence-electron chi connectivity index (χ4n) is 0.974. The van der Waals surface area contributed by atoms with Crippen molar-refractivity contribution in [2.45, 2.75) is 0 Å². The summed E-state index contributed by atoms with van der Waals surface area (Å²) < 4.78 is 5.13. The van der Waals surface area contributed by atoms with E-state index in [9.17, 15) is 0 Å². The molecule has 1 heterocycles. The highest BCUT2D eigenvalue weighted by atomic mass is 16.5. The molecule has 52 valence electrons. The molecule has 0 radical (unpaired) electrons. The number of rotatable bonds is 0. The lowest BCUT2D eigenvalue weighted by Gasteiger charge is -1.95. The van der Waals surface area contributed by atoms with E-state index in [1.807, 2.05) is 0 Å². The van der Waals surface area contributed by atoms with Crippen LogP contribution in [0.25, 0.3) is 0 Å². The van der Waals surface area contributed by atoms with Gasteiger partial charge in [-0.2, -0.15) is 0 Å². The van der Waals surface area contributed by atoms with Crippen molar-refractivity contribution < 1.29 is 9.84 Å². The van der Waals surface area contributed by atoms with Gasteiger partial charge in [-0.15, -0.1) is 0 Å². The summed E-state index contributed by atoms with van der Waals surface area (Å²) in [5.74, 6) is 1.06. The summed E-state index contributed by atoms with van der Waals surface area (Å²) in [6.45, 7) is 0.499. The van der Waals surface area contributed by atoms with Crippen LogP contribution in [0.2, 0.25) is 0 Å². The zero-order valence-electron chi connectivity index (χ0n) is 5.29. The third kappa shape index (κ3) is 0.673. The van der Waals surface area contributed by atoms with E-state index in [2.05, 4.69) is 5.32 Å². The number of hydrogen-bond acceptors (Lipinski definition) is 3. The summed E-state index contributed by atoms with van der Waals surface area (Å²) in [4.78, 5) is 0. The number of phenolic OH excluding ortho intramolecular Hbond substituents is 1. The summed E-state index contributed by atoms with van der Waals surface area (Å²) in [7, 11) is 0. The lowest BCUT2D eigenvalue weighted by Crippen LogP contribution is -1.96. The average molecular weight is 137 g/mol. The quantitative estimate of drug-likeness (QED) is 0.563. The number of anilines is 1. The van der Waals surface area contributed by atoms with Crippen LogP contribution in [-0.2, 0) is 0 Å². The standard InChI is InChI=1S/C7H7NO2/c9-5-1-2-7-6(3-5)8-4-10-7/h1-3,8-9H,4H2. The largest absolute Gasteiger partial charge is 0.508 e. The van der Waals surface area contributed by atoms with Gasteiger partial charge in [-0.25, -0.2) is 0 Å². The molecule has 2 N–H and O–H groups in total. The van der Waals surface area contributed by atoms with Crippen LogP contribution < -0.4 is 10.1 Å². The predicted octanol–water partition coefficient (Wildman–Crippen LogP) is 1.15. The predicted molar refractivity (Wildman–Crippen MR) is 37.2 cm³/mol. The van der Waals surface area contributed by atoms with Crippen molar-refractivity contribution >= 4 is 5.69 Å². The number of benzene rings is 1. The van der Waals surface area contributed by atoms with E-state index in [0.29, 0.717) is 6.73 Å². The molecule has 0 aliphatic carbocycles. The fraction of sp³-hybridized carbons (Fsp3) is 0.143. The molecular weight excluding hydrogens is 130 g/mol. The van der Waals surface area contributed by atoms with Gasteiger partial charge in [-0.3, -0.25) is 0 Å². The summed E-state index contributed by atoms with van der Waals surface area (Å²) in [5, 5.41) is 12.0. The highest BCUT2D eigenvalue weighted by molar-refractivity contribution is 5.61. The molecule has 0 atom stereocenters. The van der Waals surface area contributed by atoms with Crippen LogP contribution >= 0.6 is 0 Å². The summed E-state index contributed by atoms with van der Waals surface area (Å²) in [6, 6.07) is 4.98. The van der Waals surface area contributed by atoms with Gasteiger partial charge in [0, 0.05) is 6.07 Å². The maximum Gasteiger partial charge on any atom is 0.159 e. The molecule has 0 aromatic heterocycles. The second-order valence-electron chi connectivity index (χ2n) is 2.15. The Morgan fingerprint density at radius 2 is 2.40 bits per heavy atom. The van der Waals surface area contributed by atoms with Gasteiger partial charge in [0.05, 0.1) is 5.69 Å². The third-order valence-electron chi connectivity index (χ3n) is 1.45. The second-order valence-corrected chi connectivity index (χ2v) is 2.15. The molecule has 1 aromatic rings. The Labute approximate surface area is 58.2 Å². The van der Waals surface area contributed by atoms with Gasteiger partial charge < -0.3 is 15.2 Å². The molecule has 0 saturated heterocycles. The first kappa shape index (κ1) is 5.41. The zero-order valence-corrected chi connectivity index (χ0v) is 5.29. The van der Waals surface area contributed by atoms with Crippen molar-refractivity contribution in [3.05, 3.63) is 18.2 Å². The number of nitrogens with one attached hydrogen (secondary N) is 1. The number of ether oxygens (including phenoxy) is 1. The van der Waals surface area contributed by atoms with E-state index in [1.165, 1.54) is 0 Å². The Balaban J connectivity index is 2.52. The minimum absolute atomic E-state index is 0.261. The van der Waals surface area contributed by atoms with Crippen LogP contribution in [0.4, 0.5) is 5.69 Å². The van der Waals surface area contributed by atoms with Crippen molar-refractivity contribution in [1.29, 1.82) is 0 Å². The first-order valence-electron chi connectivity index (χ1n) is 3.06. The van der Waals surface area contributed by atoms with Gasteiger partial charge in [-0.05, 0) is 12.1 Å². The molecule has 10 heavy (non-hydrogen) atoms. The lowest BCUT2D eigenvalue weighted by atomic mass is 10.3. The second kappa shape index (κ2) is 1.80. The molecule has 3 heteroatoms. The van der Waals surface area contributed by atoms with Crippen molar-refractivity contribution in [2.24, 2.45) is 0 Å². The van der Waals surface area contributed by atoms with Crippen LogP contribution in [0, 0.1) is 0 Å². The van der Waals surface area contributed by atoms with E-state index in [4.69, 9.17) is 9.84 Å². The van der Waals surface area contributed by atoms with E-state index >= 15 is 0 Å². The maximum absolute atomic E-state index is 9.00. The van der Waals surface area contributed by atoms with E-state index in [1.54, 1.807) is 18.2 Å². The van der Waals surface area contributed by atoms with Gasteiger partial charge in [0.15, 0.2) is 6.73 Å². The van der Waals surface area contributed by atoms with Crippen molar-refractivity contribution in [3.8, 4) is 11.5 Å². The van der Waals surface area contributed by atoms with Crippen LogP contribution in [-0.4, -0.2) is 11.8 Å². The molecule has 3 nitrogen and oxygen atoms in total. The SMILES string of the molecule is Oc1ccc2c(c1)NCO2. The first-order valence-corrected chi connectivity index (χ1v) is 3.06. The normalized spacial score (nSPS) is 13.6. The van der Waals surface area contributed by atoms with Crippen LogP contribution in [0.3, 0.4) is 0 Å². The van der Waals surface area contributed by atoms with E-state index < -0.39 is 0 Å². The molecule has 0 spiro atoms. The molecule has 1 aliphatic heterocycles. The maximum atomic E-state index is 9.00. The Bertz CT molecular complexity index is 260. The van der Waals surface area contributed by atoms with Gasteiger partial charge in [0.1, 0.15) is 11.5 Å². The van der Waals surface area contributed by atoms with Gasteiger partial charge in [0.2, 0.25) is 0 Å². The number of aromatic hydroxyl groups is 1. The summed E-state index contributed by atoms with van der Waals surface area (Å²) in [5.41, 5.74) is 0.861. The third-order valence-corrected chi connectivity index (χ3v) is 1.45.